The van der Waals surface area contributed by atoms with Crippen LogP contribution in [0.5, 0.6) is 0 Å². The summed E-state index contributed by atoms with van der Waals surface area (Å²) in [4.78, 5) is 4.95. The number of hydroxylamine groups is 1. The molecule has 1 N–H and O–H groups in total. The first-order chi connectivity index (χ1) is 5.17. The fraction of sp³-hybridized carbons (Fsp3) is 1.00. The van der Waals surface area contributed by atoms with Gasteiger partial charge in [-0.1, -0.05) is 13.8 Å². The van der Waals surface area contributed by atoms with Crippen molar-refractivity contribution >= 4 is 11.8 Å². The van der Waals surface area contributed by atoms with Crippen molar-refractivity contribution in [3.63, 3.8) is 0 Å². The molecule has 0 aromatic rings. The van der Waals surface area contributed by atoms with Crippen molar-refractivity contribution in [2.45, 2.75) is 26.3 Å². The van der Waals surface area contributed by atoms with E-state index in [4.69, 9.17) is 4.84 Å². The van der Waals surface area contributed by atoms with E-state index in [0.29, 0.717) is 11.5 Å². The summed E-state index contributed by atoms with van der Waals surface area (Å²) in [5, 5.41) is 0. The molecule has 11 heavy (non-hydrogen) atoms. The Morgan fingerprint density at radius 1 is 1.55 bits per heavy atom. The van der Waals surface area contributed by atoms with Crippen molar-refractivity contribution in [1.82, 2.24) is 5.48 Å². The highest BCUT2D eigenvalue weighted by atomic mass is 32.2. The Hall–Kier alpha value is 0.270. The highest BCUT2D eigenvalue weighted by molar-refractivity contribution is 7.99. The Morgan fingerprint density at radius 3 is 2.82 bits per heavy atom. The van der Waals surface area contributed by atoms with Gasteiger partial charge >= 0.3 is 0 Å². The number of rotatable bonds is 2. The zero-order valence-corrected chi connectivity index (χ0v) is 8.33. The lowest BCUT2D eigenvalue weighted by Gasteiger charge is -2.37. The zero-order valence-electron chi connectivity index (χ0n) is 7.52. The van der Waals surface area contributed by atoms with E-state index in [0.717, 1.165) is 0 Å². The average Bonchev–Trinajstić information content (AvgIpc) is 1.94. The van der Waals surface area contributed by atoms with Crippen LogP contribution in [-0.4, -0.2) is 24.7 Å². The largest absolute Gasteiger partial charge is 0.305 e. The van der Waals surface area contributed by atoms with E-state index >= 15 is 0 Å². The zero-order chi connectivity index (χ0) is 8.32. The summed E-state index contributed by atoms with van der Waals surface area (Å²) in [6.07, 6.45) is 1.28. The molecule has 3 heteroatoms. The van der Waals surface area contributed by atoms with Crippen molar-refractivity contribution in [3.05, 3.63) is 0 Å². The third kappa shape index (κ3) is 2.36. The molecule has 0 aliphatic carbocycles. The van der Waals surface area contributed by atoms with Crippen LogP contribution in [-0.2, 0) is 4.84 Å². The van der Waals surface area contributed by atoms with Gasteiger partial charge in [-0.05, 0) is 17.6 Å². The Bertz CT molecular complexity index is 125. The van der Waals surface area contributed by atoms with Gasteiger partial charge in [0.25, 0.3) is 0 Å². The third-order valence-corrected chi connectivity index (χ3v) is 3.44. The molecule has 1 aliphatic heterocycles. The SMILES string of the molecule is CONC1CSCCC1(C)C. The molecule has 0 saturated carbocycles. The molecule has 0 amide bonds. The minimum Gasteiger partial charge on any atom is -0.305 e. The lowest BCUT2D eigenvalue weighted by molar-refractivity contribution is 0.0254. The minimum atomic E-state index is 0.390. The van der Waals surface area contributed by atoms with Gasteiger partial charge in [-0.3, -0.25) is 0 Å². The fourth-order valence-electron chi connectivity index (χ4n) is 1.27. The molecule has 0 radical (unpaired) electrons. The molecule has 2 nitrogen and oxygen atoms in total. The van der Waals surface area contributed by atoms with E-state index in [1.807, 2.05) is 11.8 Å². The molecule has 1 atom stereocenters. The molecular formula is C8H17NOS. The van der Waals surface area contributed by atoms with Crippen molar-refractivity contribution in [2.75, 3.05) is 18.6 Å². The van der Waals surface area contributed by atoms with E-state index in [2.05, 4.69) is 19.3 Å². The molecule has 1 unspecified atom stereocenters. The highest BCUT2D eigenvalue weighted by Gasteiger charge is 2.32. The summed E-state index contributed by atoms with van der Waals surface area (Å²) >= 11 is 2.00. The van der Waals surface area contributed by atoms with Crippen molar-refractivity contribution in [1.29, 1.82) is 0 Å². The molecule has 1 fully saturated rings. The van der Waals surface area contributed by atoms with E-state index in [9.17, 15) is 0 Å². The van der Waals surface area contributed by atoms with Crippen molar-refractivity contribution < 1.29 is 4.84 Å². The molecule has 0 aromatic heterocycles. The Balaban J connectivity index is 2.45. The van der Waals surface area contributed by atoms with Gasteiger partial charge in [-0.25, -0.2) is 0 Å². The molecule has 0 aromatic carbocycles. The van der Waals surface area contributed by atoms with Crippen LogP contribution < -0.4 is 5.48 Å². The lowest BCUT2D eigenvalue weighted by atomic mass is 9.83. The summed E-state index contributed by atoms with van der Waals surface area (Å²) in [5.74, 6) is 2.45. The summed E-state index contributed by atoms with van der Waals surface area (Å²) in [5.41, 5.74) is 3.44. The minimum absolute atomic E-state index is 0.390. The quantitative estimate of drug-likeness (QED) is 0.645. The number of hydrogen-bond acceptors (Lipinski definition) is 3. The molecule has 0 spiro atoms. The van der Waals surface area contributed by atoms with Crippen molar-refractivity contribution in [2.24, 2.45) is 5.41 Å². The van der Waals surface area contributed by atoms with Gasteiger partial charge in [0, 0.05) is 11.8 Å². The second kappa shape index (κ2) is 3.78. The molecule has 0 bridgehead atoms. The summed E-state index contributed by atoms with van der Waals surface area (Å²) in [7, 11) is 1.69. The van der Waals surface area contributed by atoms with Crippen molar-refractivity contribution in [3.8, 4) is 0 Å². The first kappa shape index (κ1) is 9.36. The number of hydrogen-bond donors (Lipinski definition) is 1. The molecule has 1 saturated heterocycles. The smallest absolute Gasteiger partial charge is 0.0572 e. The van der Waals surface area contributed by atoms with E-state index < -0.39 is 0 Å². The maximum Gasteiger partial charge on any atom is 0.0572 e. The van der Waals surface area contributed by atoms with Crippen LogP contribution in [0.25, 0.3) is 0 Å². The van der Waals surface area contributed by atoms with Gasteiger partial charge in [-0.2, -0.15) is 17.2 Å². The lowest BCUT2D eigenvalue weighted by Crippen LogP contribution is -2.46. The van der Waals surface area contributed by atoms with Crippen LogP contribution in [0.2, 0.25) is 0 Å². The molecule has 1 heterocycles. The monoisotopic (exact) mass is 175 g/mol. The van der Waals surface area contributed by atoms with Gasteiger partial charge in [0.15, 0.2) is 0 Å². The van der Waals surface area contributed by atoms with E-state index in [1.165, 1.54) is 17.9 Å². The first-order valence-electron chi connectivity index (χ1n) is 4.03. The van der Waals surface area contributed by atoms with Gasteiger partial charge in [-0.15, -0.1) is 0 Å². The third-order valence-electron chi connectivity index (χ3n) is 2.38. The Kier molecular flexibility index (Phi) is 3.22. The van der Waals surface area contributed by atoms with Gasteiger partial charge in [0.05, 0.1) is 7.11 Å². The summed E-state index contributed by atoms with van der Waals surface area (Å²) in [6, 6.07) is 0.506. The van der Waals surface area contributed by atoms with Crippen LogP contribution in [0.15, 0.2) is 0 Å². The maximum atomic E-state index is 4.95. The Morgan fingerprint density at radius 2 is 2.27 bits per heavy atom. The normalized spacial score (nSPS) is 30.3. The standard InChI is InChI=1S/C8H17NOS/c1-8(2)4-5-11-6-7(8)9-10-3/h7,9H,4-6H2,1-3H3. The maximum absolute atomic E-state index is 4.95. The number of thioether (sulfide) groups is 1. The van der Waals surface area contributed by atoms with Gasteiger partial charge in [0.1, 0.15) is 0 Å². The topological polar surface area (TPSA) is 21.3 Å². The Labute approximate surface area is 73.0 Å². The van der Waals surface area contributed by atoms with E-state index in [-0.39, 0.29) is 0 Å². The predicted molar refractivity (Wildman–Crippen MR) is 49.7 cm³/mol. The van der Waals surface area contributed by atoms with Gasteiger partial charge in [0.2, 0.25) is 0 Å². The molecule has 1 rings (SSSR count). The summed E-state index contributed by atoms with van der Waals surface area (Å²) < 4.78 is 0. The molecular weight excluding hydrogens is 158 g/mol. The molecule has 1 aliphatic rings. The van der Waals surface area contributed by atoms with Crippen LogP contribution in [0, 0.1) is 5.41 Å². The van der Waals surface area contributed by atoms with Crippen LogP contribution in [0.3, 0.4) is 0 Å². The highest BCUT2D eigenvalue weighted by Crippen LogP contribution is 2.33. The average molecular weight is 175 g/mol. The van der Waals surface area contributed by atoms with Gasteiger partial charge < -0.3 is 4.84 Å². The van der Waals surface area contributed by atoms with Crippen LogP contribution >= 0.6 is 11.8 Å². The first-order valence-corrected chi connectivity index (χ1v) is 5.18. The second-order valence-corrected chi connectivity index (χ2v) is 4.84. The number of nitrogens with one attached hydrogen (secondary N) is 1. The summed E-state index contributed by atoms with van der Waals surface area (Å²) in [6.45, 7) is 4.59. The van der Waals surface area contributed by atoms with E-state index in [1.54, 1.807) is 7.11 Å². The fourth-order valence-corrected chi connectivity index (χ4v) is 2.86. The van der Waals surface area contributed by atoms with Crippen LogP contribution in [0.1, 0.15) is 20.3 Å². The second-order valence-electron chi connectivity index (χ2n) is 3.69. The van der Waals surface area contributed by atoms with Crippen LogP contribution in [0.4, 0.5) is 0 Å². The molecule has 66 valence electrons. The predicted octanol–water partition coefficient (Wildman–Crippen LogP) is 1.67.